The summed E-state index contributed by atoms with van der Waals surface area (Å²) in [5.74, 6) is 0.480. The fourth-order valence-corrected chi connectivity index (χ4v) is 1.88. The van der Waals surface area contributed by atoms with Crippen LogP contribution in [-0.2, 0) is 6.61 Å². The third-order valence-electron chi connectivity index (χ3n) is 2.59. The third-order valence-corrected chi connectivity index (χ3v) is 2.96. The van der Waals surface area contributed by atoms with Crippen molar-refractivity contribution in [2.75, 3.05) is 5.73 Å². The van der Waals surface area contributed by atoms with E-state index < -0.39 is 0 Å². The van der Waals surface area contributed by atoms with Crippen molar-refractivity contribution in [2.45, 2.75) is 6.61 Å². The molecule has 0 saturated carbocycles. The van der Waals surface area contributed by atoms with E-state index in [1.54, 1.807) is 6.07 Å². The Balaban J connectivity index is 1.90. The molecular formula is C12H10ClN5O. The predicted molar refractivity (Wildman–Crippen MR) is 71.9 cm³/mol. The van der Waals surface area contributed by atoms with E-state index >= 15 is 0 Å². The molecule has 0 aliphatic carbocycles. The molecule has 0 amide bonds. The molecule has 1 aromatic carbocycles. The van der Waals surface area contributed by atoms with Gasteiger partial charge in [0.05, 0.1) is 6.33 Å². The van der Waals surface area contributed by atoms with E-state index in [0.717, 1.165) is 5.56 Å². The summed E-state index contributed by atoms with van der Waals surface area (Å²) in [5.41, 5.74) is 7.56. The van der Waals surface area contributed by atoms with Crippen LogP contribution in [0.5, 0.6) is 5.88 Å². The van der Waals surface area contributed by atoms with Crippen molar-refractivity contribution in [1.29, 1.82) is 0 Å². The number of aromatic amines is 1. The third kappa shape index (κ3) is 2.30. The van der Waals surface area contributed by atoms with Gasteiger partial charge in [-0.3, -0.25) is 0 Å². The van der Waals surface area contributed by atoms with Crippen LogP contribution in [0, 0.1) is 0 Å². The van der Waals surface area contributed by atoms with Crippen molar-refractivity contribution < 1.29 is 4.74 Å². The van der Waals surface area contributed by atoms with Crippen LogP contribution >= 0.6 is 11.6 Å². The molecule has 0 saturated heterocycles. The highest BCUT2D eigenvalue weighted by molar-refractivity contribution is 6.31. The van der Waals surface area contributed by atoms with Crippen molar-refractivity contribution in [2.24, 2.45) is 0 Å². The molecule has 0 atom stereocenters. The van der Waals surface area contributed by atoms with Gasteiger partial charge < -0.3 is 15.5 Å². The minimum absolute atomic E-state index is 0.119. The lowest BCUT2D eigenvalue weighted by molar-refractivity contribution is 0.297. The number of fused-ring (bicyclic) bond motifs is 1. The van der Waals surface area contributed by atoms with E-state index in [0.29, 0.717) is 28.7 Å². The molecule has 3 N–H and O–H groups in total. The van der Waals surface area contributed by atoms with Crippen molar-refractivity contribution >= 4 is 28.7 Å². The molecule has 0 aliphatic rings. The van der Waals surface area contributed by atoms with Gasteiger partial charge in [-0.15, -0.1) is 0 Å². The summed E-state index contributed by atoms with van der Waals surface area (Å²) in [6, 6.07) is 7.45. The lowest BCUT2D eigenvalue weighted by Gasteiger charge is -2.07. The number of rotatable bonds is 3. The molecule has 7 heteroatoms. The summed E-state index contributed by atoms with van der Waals surface area (Å²) in [6.45, 7) is 0.296. The number of imidazole rings is 1. The molecule has 0 radical (unpaired) electrons. The summed E-state index contributed by atoms with van der Waals surface area (Å²) >= 11 is 6.06. The molecule has 2 heterocycles. The maximum absolute atomic E-state index is 6.06. The SMILES string of the molecule is Nc1nc(OCc2ccccc2Cl)c2[nH]cnc2n1. The van der Waals surface area contributed by atoms with Crippen LogP contribution in [0.4, 0.5) is 5.95 Å². The van der Waals surface area contributed by atoms with Crippen molar-refractivity contribution in [3.05, 3.63) is 41.2 Å². The molecule has 19 heavy (non-hydrogen) atoms. The second-order valence-electron chi connectivity index (χ2n) is 3.87. The normalized spacial score (nSPS) is 10.8. The highest BCUT2D eigenvalue weighted by Crippen LogP contribution is 2.22. The van der Waals surface area contributed by atoms with Gasteiger partial charge in [0.15, 0.2) is 5.65 Å². The van der Waals surface area contributed by atoms with E-state index in [1.807, 2.05) is 18.2 Å². The average Bonchev–Trinajstić information content (AvgIpc) is 2.85. The van der Waals surface area contributed by atoms with Crippen LogP contribution in [-0.4, -0.2) is 19.9 Å². The zero-order valence-corrected chi connectivity index (χ0v) is 10.6. The van der Waals surface area contributed by atoms with Gasteiger partial charge in [-0.1, -0.05) is 29.8 Å². The van der Waals surface area contributed by atoms with E-state index in [2.05, 4.69) is 19.9 Å². The van der Waals surface area contributed by atoms with Gasteiger partial charge in [0.25, 0.3) is 0 Å². The number of anilines is 1. The number of nitrogens with zero attached hydrogens (tertiary/aromatic N) is 3. The molecule has 3 rings (SSSR count). The highest BCUT2D eigenvalue weighted by Gasteiger charge is 2.10. The quantitative estimate of drug-likeness (QED) is 0.764. The number of hydrogen-bond acceptors (Lipinski definition) is 5. The summed E-state index contributed by atoms with van der Waals surface area (Å²) in [5, 5.41) is 0.644. The van der Waals surface area contributed by atoms with Crippen LogP contribution in [0.1, 0.15) is 5.56 Å². The Labute approximate surface area is 113 Å². The van der Waals surface area contributed by atoms with Gasteiger partial charge in [0, 0.05) is 10.6 Å². The standard InChI is InChI=1S/C12H10ClN5O/c13-8-4-2-1-3-7(8)5-19-11-9-10(16-6-15-9)17-12(14)18-11/h1-4,6H,5H2,(H3,14,15,16,17,18). The molecule has 2 aromatic heterocycles. The van der Waals surface area contributed by atoms with E-state index in [-0.39, 0.29) is 5.95 Å². The van der Waals surface area contributed by atoms with Gasteiger partial charge in [-0.2, -0.15) is 9.97 Å². The molecule has 3 aromatic rings. The molecule has 0 unspecified atom stereocenters. The zero-order valence-electron chi connectivity index (χ0n) is 9.80. The van der Waals surface area contributed by atoms with Gasteiger partial charge >= 0.3 is 0 Å². The average molecular weight is 276 g/mol. The topological polar surface area (TPSA) is 89.7 Å². The maximum atomic E-state index is 6.06. The second-order valence-corrected chi connectivity index (χ2v) is 4.28. The first-order chi connectivity index (χ1) is 9.24. The highest BCUT2D eigenvalue weighted by atomic mass is 35.5. The Hall–Kier alpha value is -2.34. The number of H-pyrrole nitrogens is 1. The molecular weight excluding hydrogens is 266 g/mol. The van der Waals surface area contributed by atoms with E-state index in [9.17, 15) is 0 Å². The van der Waals surface area contributed by atoms with E-state index in [1.165, 1.54) is 6.33 Å². The summed E-state index contributed by atoms with van der Waals surface area (Å²) in [7, 11) is 0. The maximum Gasteiger partial charge on any atom is 0.245 e. The van der Waals surface area contributed by atoms with Gasteiger partial charge in [0.2, 0.25) is 11.8 Å². The molecule has 0 aliphatic heterocycles. The van der Waals surface area contributed by atoms with Crippen LogP contribution < -0.4 is 10.5 Å². The number of halogens is 1. The molecule has 6 nitrogen and oxygen atoms in total. The molecule has 0 spiro atoms. The molecule has 0 bridgehead atoms. The van der Waals surface area contributed by atoms with Gasteiger partial charge in [-0.05, 0) is 6.07 Å². The Morgan fingerprint density at radius 3 is 2.95 bits per heavy atom. The molecule has 0 fully saturated rings. The van der Waals surface area contributed by atoms with Gasteiger partial charge in [0.1, 0.15) is 12.1 Å². The monoisotopic (exact) mass is 275 g/mol. The van der Waals surface area contributed by atoms with Crippen molar-refractivity contribution in [3.63, 3.8) is 0 Å². The molecule has 96 valence electrons. The van der Waals surface area contributed by atoms with Crippen molar-refractivity contribution in [3.8, 4) is 5.88 Å². The van der Waals surface area contributed by atoms with Crippen LogP contribution in [0.3, 0.4) is 0 Å². The number of aromatic nitrogens is 4. The Kier molecular flexibility index (Phi) is 2.92. The van der Waals surface area contributed by atoms with Crippen LogP contribution in [0.2, 0.25) is 5.02 Å². The summed E-state index contributed by atoms with van der Waals surface area (Å²) in [4.78, 5) is 15.0. The smallest absolute Gasteiger partial charge is 0.245 e. The number of ether oxygens (including phenoxy) is 1. The largest absolute Gasteiger partial charge is 0.471 e. The minimum atomic E-state index is 0.119. The van der Waals surface area contributed by atoms with Crippen molar-refractivity contribution in [1.82, 2.24) is 19.9 Å². The first-order valence-corrected chi connectivity index (χ1v) is 5.94. The lowest BCUT2D eigenvalue weighted by Crippen LogP contribution is -2.02. The number of nitrogens with two attached hydrogens (primary N) is 1. The second kappa shape index (κ2) is 4.74. The summed E-state index contributed by atoms with van der Waals surface area (Å²) < 4.78 is 5.64. The Morgan fingerprint density at radius 1 is 1.26 bits per heavy atom. The summed E-state index contributed by atoms with van der Waals surface area (Å²) in [6.07, 6.45) is 1.52. The first kappa shape index (κ1) is 11.7. The number of nitrogens with one attached hydrogen (secondary N) is 1. The zero-order chi connectivity index (χ0) is 13.2. The van der Waals surface area contributed by atoms with E-state index in [4.69, 9.17) is 22.1 Å². The minimum Gasteiger partial charge on any atom is -0.471 e. The predicted octanol–water partition coefficient (Wildman–Crippen LogP) is 2.17. The number of benzene rings is 1. The number of nitrogen functional groups attached to an aromatic ring is 1. The van der Waals surface area contributed by atoms with Crippen LogP contribution in [0.25, 0.3) is 11.2 Å². The fraction of sp³-hybridized carbons (Fsp3) is 0.0833. The number of hydrogen-bond donors (Lipinski definition) is 2. The van der Waals surface area contributed by atoms with Crippen LogP contribution in [0.15, 0.2) is 30.6 Å². The first-order valence-electron chi connectivity index (χ1n) is 5.57. The van der Waals surface area contributed by atoms with Gasteiger partial charge in [-0.25, -0.2) is 4.98 Å². The Bertz CT molecular complexity index is 727. The lowest BCUT2D eigenvalue weighted by atomic mass is 10.2. The Morgan fingerprint density at radius 2 is 2.11 bits per heavy atom. The fourth-order valence-electron chi connectivity index (χ4n) is 1.69.